The molecule has 35 heavy (non-hydrogen) atoms. The zero-order valence-corrected chi connectivity index (χ0v) is 20.9. The topological polar surface area (TPSA) is 94.8 Å². The standard InChI is InChI=1S/C28H39N3O4/c1-21-5-7-22(8-6-21)24-11-20-35-25(24)26(32)30-23-9-17-31(18-10-23)19-15-28(12-3-2-4-13-28)14-16-29-27(33)34/h5-8,11,20,23,29H,2-4,9-10,12-19H2,1H3,(H,30,32)(H,33,34). The summed E-state index contributed by atoms with van der Waals surface area (Å²) in [7, 11) is 0. The Balaban J connectivity index is 1.25. The normalized spacial score (nSPS) is 18.8. The Morgan fingerprint density at radius 3 is 2.46 bits per heavy atom. The number of nitrogens with zero attached hydrogens (tertiary/aromatic N) is 1. The molecule has 0 spiro atoms. The lowest BCUT2D eigenvalue weighted by molar-refractivity contribution is 0.0865. The molecule has 3 N–H and O–H groups in total. The van der Waals surface area contributed by atoms with E-state index in [1.807, 2.05) is 37.3 Å². The van der Waals surface area contributed by atoms with Crippen molar-refractivity contribution in [1.29, 1.82) is 0 Å². The second kappa shape index (κ2) is 11.8. The Morgan fingerprint density at radius 1 is 1.06 bits per heavy atom. The highest BCUT2D eigenvalue weighted by Gasteiger charge is 2.33. The summed E-state index contributed by atoms with van der Waals surface area (Å²) in [6.07, 6.45) is 10.8. The zero-order valence-electron chi connectivity index (χ0n) is 20.9. The first-order valence-electron chi connectivity index (χ1n) is 13.1. The number of amides is 2. The molecule has 7 nitrogen and oxygen atoms in total. The molecule has 0 radical (unpaired) electrons. The van der Waals surface area contributed by atoms with E-state index >= 15 is 0 Å². The summed E-state index contributed by atoms with van der Waals surface area (Å²) in [4.78, 5) is 26.4. The van der Waals surface area contributed by atoms with E-state index in [0.29, 0.717) is 12.3 Å². The van der Waals surface area contributed by atoms with Crippen LogP contribution in [0.4, 0.5) is 4.79 Å². The van der Waals surface area contributed by atoms with Crippen molar-refractivity contribution in [3.63, 3.8) is 0 Å². The van der Waals surface area contributed by atoms with Crippen LogP contribution in [0.2, 0.25) is 0 Å². The van der Waals surface area contributed by atoms with Crippen LogP contribution in [0.15, 0.2) is 41.0 Å². The summed E-state index contributed by atoms with van der Waals surface area (Å²) in [5.41, 5.74) is 3.26. The van der Waals surface area contributed by atoms with Crippen LogP contribution in [0.5, 0.6) is 0 Å². The van der Waals surface area contributed by atoms with Gasteiger partial charge in [0.2, 0.25) is 0 Å². The van der Waals surface area contributed by atoms with Gasteiger partial charge in [-0.15, -0.1) is 0 Å². The van der Waals surface area contributed by atoms with Crippen molar-refractivity contribution in [3.8, 4) is 11.1 Å². The van der Waals surface area contributed by atoms with Gasteiger partial charge in [0.15, 0.2) is 5.76 Å². The Labute approximate surface area is 208 Å². The molecule has 1 saturated heterocycles. The summed E-state index contributed by atoms with van der Waals surface area (Å²) in [5, 5.41) is 14.7. The second-order valence-corrected chi connectivity index (χ2v) is 10.4. The number of nitrogens with one attached hydrogen (secondary N) is 2. The highest BCUT2D eigenvalue weighted by Crippen LogP contribution is 2.42. The first-order valence-corrected chi connectivity index (χ1v) is 13.1. The maximum Gasteiger partial charge on any atom is 0.404 e. The van der Waals surface area contributed by atoms with Gasteiger partial charge in [-0.05, 0) is 69.0 Å². The summed E-state index contributed by atoms with van der Waals surface area (Å²) < 4.78 is 5.57. The van der Waals surface area contributed by atoms with E-state index in [1.165, 1.54) is 37.7 Å². The zero-order chi connectivity index (χ0) is 24.7. The fraction of sp³-hybridized carbons (Fsp3) is 0.571. The third-order valence-electron chi connectivity index (χ3n) is 7.96. The van der Waals surface area contributed by atoms with Crippen molar-refractivity contribution in [2.75, 3.05) is 26.2 Å². The van der Waals surface area contributed by atoms with Crippen molar-refractivity contribution in [3.05, 3.63) is 47.9 Å². The number of carbonyl (C=O) groups excluding carboxylic acids is 1. The van der Waals surface area contributed by atoms with Crippen LogP contribution in [-0.4, -0.2) is 54.2 Å². The molecule has 1 aliphatic carbocycles. The summed E-state index contributed by atoms with van der Waals surface area (Å²) in [6, 6.07) is 10.1. The van der Waals surface area contributed by atoms with Gasteiger partial charge in [-0.3, -0.25) is 4.79 Å². The number of carboxylic acid groups (broad SMARTS) is 1. The van der Waals surface area contributed by atoms with Crippen LogP contribution in [0, 0.1) is 12.3 Å². The lowest BCUT2D eigenvalue weighted by Gasteiger charge is -2.40. The number of carbonyl (C=O) groups is 2. The molecule has 1 aromatic heterocycles. The van der Waals surface area contributed by atoms with Gasteiger partial charge in [-0.2, -0.15) is 0 Å². The molecule has 2 amide bonds. The van der Waals surface area contributed by atoms with Gasteiger partial charge >= 0.3 is 6.09 Å². The molecule has 2 fully saturated rings. The molecule has 2 aliphatic rings. The van der Waals surface area contributed by atoms with Gasteiger partial charge in [0.25, 0.3) is 5.91 Å². The van der Waals surface area contributed by atoms with Crippen molar-refractivity contribution >= 4 is 12.0 Å². The Kier molecular flexibility index (Phi) is 8.50. The maximum atomic E-state index is 13.0. The van der Waals surface area contributed by atoms with E-state index in [0.717, 1.165) is 56.4 Å². The fourth-order valence-corrected chi connectivity index (χ4v) is 5.75. The molecule has 2 heterocycles. The fourth-order valence-electron chi connectivity index (χ4n) is 5.75. The van der Waals surface area contributed by atoms with Gasteiger partial charge in [0, 0.05) is 31.2 Å². The molecule has 7 heteroatoms. The number of furan rings is 1. The van der Waals surface area contributed by atoms with Gasteiger partial charge < -0.3 is 25.1 Å². The minimum atomic E-state index is -0.930. The van der Waals surface area contributed by atoms with Crippen LogP contribution in [0.3, 0.4) is 0 Å². The lowest BCUT2D eigenvalue weighted by Crippen LogP contribution is -2.45. The highest BCUT2D eigenvalue weighted by atomic mass is 16.4. The molecular formula is C28H39N3O4. The monoisotopic (exact) mass is 481 g/mol. The molecule has 1 aliphatic heterocycles. The van der Waals surface area contributed by atoms with E-state index in [4.69, 9.17) is 9.52 Å². The third kappa shape index (κ3) is 6.88. The van der Waals surface area contributed by atoms with Crippen LogP contribution in [0.1, 0.15) is 73.9 Å². The number of rotatable bonds is 9. The minimum Gasteiger partial charge on any atom is -0.465 e. The van der Waals surface area contributed by atoms with Crippen molar-refractivity contribution in [2.24, 2.45) is 5.41 Å². The number of hydrogen-bond acceptors (Lipinski definition) is 4. The van der Waals surface area contributed by atoms with Gasteiger partial charge in [-0.1, -0.05) is 49.1 Å². The van der Waals surface area contributed by atoms with E-state index in [1.54, 1.807) is 6.26 Å². The largest absolute Gasteiger partial charge is 0.465 e. The molecule has 0 unspecified atom stereocenters. The summed E-state index contributed by atoms with van der Waals surface area (Å²) in [5.74, 6) is 0.238. The van der Waals surface area contributed by atoms with E-state index < -0.39 is 6.09 Å². The van der Waals surface area contributed by atoms with Crippen molar-refractivity contribution in [1.82, 2.24) is 15.5 Å². The van der Waals surface area contributed by atoms with Crippen molar-refractivity contribution < 1.29 is 19.1 Å². The minimum absolute atomic E-state index is 0.142. The van der Waals surface area contributed by atoms with E-state index in [-0.39, 0.29) is 17.4 Å². The molecule has 190 valence electrons. The summed E-state index contributed by atoms with van der Waals surface area (Å²) in [6.45, 7) is 5.57. The molecule has 0 atom stereocenters. The van der Waals surface area contributed by atoms with Crippen LogP contribution < -0.4 is 10.6 Å². The molecule has 0 bridgehead atoms. The van der Waals surface area contributed by atoms with E-state index in [2.05, 4.69) is 15.5 Å². The first-order chi connectivity index (χ1) is 16.9. The average Bonchev–Trinajstić information content (AvgIpc) is 3.35. The third-order valence-corrected chi connectivity index (χ3v) is 7.96. The van der Waals surface area contributed by atoms with Gasteiger partial charge in [0.1, 0.15) is 0 Å². The van der Waals surface area contributed by atoms with Crippen molar-refractivity contribution in [2.45, 2.75) is 70.8 Å². The number of benzene rings is 1. The molecule has 4 rings (SSSR count). The Bertz CT molecular complexity index is 970. The predicted molar refractivity (Wildman–Crippen MR) is 137 cm³/mol. The highest BCUT2D eigenvalue weighted by molar-refractivity contribution is 5.98. The molecule has 1 saturated carbocycles. The predicted octanol–water partition coefficient (Wildman–Crippen LogP) is 5.45. The van der Waals surface area contributed by atoms with Crippen LogP contribution in [0.25, 0.3) is 11.1 Å². The lowest BCUT2D eigenvalue weighted by atomic mass is 9.69. The maximum absolute atomic E-state index is 13.0. The molecular weight excluding hydrogens is 442 g/mol. The smallest absolute Gasteiger partial charge is 0.404 e. The quantitative estimate of drug-likeness (QED) is 0.443. The molecule has 2 aromatic rings. The summed E-state index contributed by atoms with van der Waals surface area (Å²) >= 11 is 0. The van der Waals surface area contributed by atoms with Gasteiger partial charge in [0.05, 0.1) is 6.26 Å². The SMILES string of the molecule is Cc1ccc(-c2ccoc2C(=O)NC2CCN(CCC3(CCNC(=O)O)CCCCC3)CC2)cc1. The number of likely N-dealkylation sites (tertiary alicyclic amines) is 1. The number of aryl methyl sites for hydroxylation is 1. The first kappa shape index (κ1) is 25.3. The average molecular weight is 482 g/mol. The van der Waals surface area contributed by atoms with Gasteiger partial charge in [-0.25, -0.2) is 4.79 Å². The van der Waals surface area contributed by atoms with Crippen LogP contribution >= 0.6 is 0 Å². The molecule has 1 aromatic carbocycles. The number of hydrogen-bond donors (Lipinski definition) is 3. The van der Waals surface area contributed by atoms with Crippen LogP contribution in [-0.2, 0) is 0 Å². The Morgan fingerprint density at radius 2 is 1.77 bits per heavy atom. The second-order valence-electron chi connectivity index (χ2n) is 10.4. The van der Waals surface area contributed by atoms with E-state index in [9.17, 15) is 9.59 Å². The number of piperidine rings is 1. The Hall–Kier alpha value is -2.80.